The summed E-state index contributed by atoms with van der Waals surface area (Å²) in [6.45, 7) is 2.52. The van der Waals surface area contributed by atoms with Gasteiger partial charge in [0.2, 0.25) is 0 Å². The van der Waals surface area contributed by atoms with Gasteiger partial charge >= 0.3 is 0 Å². The predicted octanol–water partition coefficient (Wildman–Crippen LogP) is 2.30. The maximum absolute atomic E-state index is 12.6. The molecule has 2 rings (SSSR count). The van der Waals surface area contributed by atoms with Crippen LogP contribution in [-0.4, -0.2) is 40.6 Å². The number of nitrogens with one attached hydrogen (secondary N) is 1. The van der Waals surface area contributed by atoms with Crippen LogP contribution in [-0.2, 0) is 16.4 Å². The smallest absolute Gasteiger partial charge is 0.260 e. The van der Waals surface area contributed by atoms with E-state index in [1.807, 2.05) is 6.92 Å². The summed E-state index contributed by atoms with van der Waals surface area (Å²) in [5, 5.41) is 1.04. The Morgan fingerprint density at radius 3 is 2.74 bits per heavy atom. The van der Waals surface area contributed by atoms with Crippen LogP contribution in [0.15, 0.2) is 11.2 Å². The molecular weight excluding hydrogens is 330 g/mol. The van der Waals surface area contributed by atoms with Crippen molar-refractivity contribution in [3.8, 4) is 0 Å². The van der Waals surface area contributed by atoms with Gasteiger partial charge in [-0.25, -0.2) is 13.4 Å². The molecule has 0 aliphatic heterocycles. The first kappa shape index (κ1) is 15.0. The second-order valence-electron chi connectivity index (χ2n) is 4.79. The Kier molecular flexibility index (Phi) is 5.03. The molecule has 19 heavy (non-hydrogen) atoms. The van der Waals surface area contributed by atoms with Crippen LogP contribution in [0.3, 0.4) is 0 Å². The topological polar surface area (TPSA) is 66.1 Å². The molecule has 0 bridgehead atoms. The van der Waals surface area contributed by atoms with Crippen molar-refractivity contribution in [2.24, 2.45) is 0 Å². The molecule has 108 valence electrons. The molecule has 0 radical (unpaired) electrons. The van der Waals surface area contributed by atoms with E-state index in [9.17, 15) is 8.42 Å². The number of aromatic amines is 1. The number of aromatic nitrogens is 2. The highest BCUT2D eigenvalue weighted by molar-refractivity contribution is 9.09. The largest absolute Gasteiger partial charge is 0.332 e. The van der Waals surface area contributed by atoms with Gasteiger partial charge < -0.3 is 4.98 Å². The number of nitrogens with zero attached hydrogens (tertiary/aromatic N) is 2. The maximum atomic E-state index is 12.6. The van der Waals surface area contributed by atoms with Gasteiger partial charge in [0.15, 0.2) is 5.03 Å². The number of hydrogen-bond donors (Lipinski definition) is 1. The van der Waals surface area contributed by atoms with E-state index >= 15 is 0 Å². The molecule has 7 heteroatoms. The number of sulfonamides is 1. The van der Waals surface area contributed by atoms with Gasteiger partial charge in [-0.05, 0) is 19.3 Å². The Labute approximate surface area is 123 Å². The van der Waals surface area contributed by atoms with Crippen molar-refractivity contribution in [1.29, 1.82) is 0 Å². The second kappa shape index (κ2) is 6.37. The first-order valence-corrected chi connectivity index (χ1v) is 9.27. The number of aryl methyl sites for hydroxylation is 1. The van der Waals surface area contributed by atoms with Crippen LogP contribution in [0.25, 0.3) is 0 Å². The molecule has 0 spiro atoms. The van der Waals surface area contributed by atoms with Crippen molar-refractivity contribution >= 4 is 26.0 Å². The average Bonchev–Trinajstić information content (AvgIpc) is 2.81. The highest BCUT2D eigenvalue weighted by atomic mass is 79.9. The van der Waals surface area contributed by atoms with Crippen molar-refractivity contribution in [2.45, 2.75) is 50.1 Å². The van der Waals surface area contributed by atoms with Gasteiger partial charge in [0.25, 0.3) is 10.0 Å². The van der Waals surface area contributed by atoms with Crippen LogP contribution in [0.5, 0.6) is 0 Å². The van der Waals surface area contributed by atoms with Crippen molar-refractivity contribution < 1.29 is 8.42 Å². The fraction of sp³-hybridized carbons (Fsp3) is 0.750. The Balaban J connectivity index is 2.22. The first-order valence-electron chi connectivity index (χ1n) is 6.71. The van der Waals surface area contributed by atoms with Crippen molar-refractivity contribution in [1.82, 2.24) is 14.3 Å². The molecular formula is C12H20BrN3O2S. The third kappa shape index (κ3) is 3.20. The number of halogens is 1. The summed E-state index contributed by atoms with van der Waals surface area (Å²) in [7, 11) is -3.43. The molecule has 0 atom stereocenters. The van der Waals surface area contributed by atoms with Gasteiger partial charge in [0.1, 0.15) is 5.82 Å². The quantitative estimate of drug-likeness (QED) is 0.768. The minimum Gasteiger partial charge on any atom is -0.332 e. The molecule has 1 aliphatic carbocycles. The Morgan fingerprint density at radius 1 is 1.53 bits per heavy atom. The zero-order valence-corrected chi connectivity index (χ0v) is 13.5. The third-order valence-electron chi connectivity index (χ3n) is 3.52. The molecule has 1 aromatic heterocycles. The van der Waals surface area contributed by atoms with E-state index in [4.69, 9.17) is 0 Å². The zero-order valence-electron chi connectivity index (χ0n) is 11.1. The average molecular weight is 350 g/mol. The monoisotopic (exact) mass is 349 g/mol. The van der Waals surface area contributed by atoms with Crippen LogP contribution in [0, 0.1) is 0 Å². The van der Waals surface area contributed by atoms with Crippen molar-refractivity contribution in [3.05, 3.63) is 12.0 Å². The van der Waals surface area contributed by atoms with Crippen LogP contribution >= 0.6 is 15.9 Å². The lowest BCUT2D eigenvalue weighted by Gasteiger charge is -2.36. The lowest BCUT2D eigenvalue weighted by atomic mass is 9.93. The molecule has 5 nitrogen and oxygen atoms in total. The Bertz CT molecular complexity index is 511. The van der Waals surface area contributed by atoms with E-state index in [0.29, 0.717) is 18.8 Å². The highest BCUT2D eigenvalue weighted by Gasteiger charge is 2.35. The molecule has 0 saturated heterocycles. The van der Waals surface area contributed by atoms with Gasteiger partial charge in [-0.15, -0.1) is 0 Å². The van der Waals surface area contributed by atoms with Crippen molar-refractivity contribution in [3.63, 3.8) is 0 Å². The van der Waals surface area contributed by atoms with E-state index in [-0.39, 0.29) is 11.1 Å². The first-order chi connectivity index (χ1) is 9.09. The molecule has 1 heterocycles. The number of alkyl halides is 1. The van der Waals surface area contributed by atoms with E-state index in [0.717, 1.165) is 31.0 Å². The van der Waals surface area contributed by atoms with Crippen LogP contribution in [0.1, 0.15) is 38.4 Å². The summed E-state index contributed by atoms with van der Waals surface area (Å²) in [6.07, 6.45) is 6.03. The van der Waals surface area contributed by atoms with Crippen LogP contribution in [0.4, 0.5) is 0 Å². The Morgan fingerprint density at radius 2 is 2.26 bits per heavy atom. The number of hydrogen-bond acceptors (Lipinski definition) is 3. The molecule has 1 aliphatic rings. The summed E-state index contributed by atoms with van der Waals surface area (Å²) < 4.78 is 26.9. The standard InChI is InChI=1S/C12H20BrN3O2S/c1-2-11-14-9-12(15-11)19(17,18)16(8-4-7-13)10-5-3-6-10/h9-10H,2-8H2,1H3,(H,14,15). The molecule has 1 fully saturated rings. The van der Waals surface area contributed by atoms with Gasteiger partial charge in [-0.1, -0.05) is 29.3 Å². The highest BCUT2D eigenvalue weighted by Crippen LogP contribution is 2.29. The van der Waals surface area contributed by atoms with Crippen molar-refractivity contribution in [2.75, 3.05) is 11.9 Å². The predicted molar refractivity (Wildman–Crippen MR) is 77.9 cm³/mol. The number of imidazole rings is 1. The molecule has 1 saturated carbocycles. The van der Waals surface area contributed by atoms with E-state index in [1.54, 1.807) is 4.31 Å². The van der Waals surface area contributed by atoms with Gasteiger partial charge in [-0.3, -0.25) is 0 Å². The lowest BCUT2D eigenvalue weighted by Crippen LogP contribution is -2.44. The summed E-state index contributed by atoms with van der Waals surface area (Å²) >= 11 is 3.36. The summed E-state index contributed by atoms with van der Waals surface area (Å²) in [4.78, 5) is 7.01. The van der Waals surface area contributed by atoms with Crippen LogP contribution in [0.2, 0.25) is 0 Å². The second-order valence-corrected chi connectivity index (χ2v) is 7.44. The normalized spacial score (nSPS) is 16.8. The van der Waals surface area contributed by atoms with Gasteiger partial charge in [0.05, 0.1) is 6.20 Å². The SMILES string of the molecule is CCc1ncc(S(=O)(=O)N(CCCBr)C2CCC2)[nH]1. The maximum Gasteiger partial charge on any atom is 0.260 e. The zero-order chi connectivity index (χ0) is 13.9. The van der Waals surface area contributed by atoms with E-state index in [1.165, 1.54) is 6.20 Å². The molecule has 0 amide bonds. The minimum atomic E-state index is -3.43. The lowest BCUT2D eigenvalue weighted by molar-refractivity contribution is 0.219. The number of rotatable bonds is 7. The third-order valence-corrected chi connectivity index (χ3v) is 5.94. The fourth-order valence-corrected chi connectivity index (χ4v) is 4.08. The van der Waals surface area contributed by atoms with Gasteiger partial charge in [0, 0.05) is 24.3 Å². The van der Waals surface area contributed by atoms with Crippen LogP contribution < -0.4 is 0 Å². The molecule has 1 aromatic rings. The summed E-state index contributed by atoms with van der Waals surface area (Å²) in [5.41, 5.74) is 0. The van der Waals surface area contributed by atoms with Gasteiger partial charge in [-0.2, -0.15) is 4.31 Å². The molecule has 1 N–H and O–H groups in total. The summed E-state index contributed by atoms with van der Waals surface area (Å²) in [6, 6.07) is 0.164. The van der Waals surface area contributed by atoms with E-state index in [2.05, 4.69) is 25.9 Å². The molecule has 0 unspecified atom stereocenters. The molecule has 0 aromatic carbocycles. The van der Waals surface area contributed by atoms with E-state index < -0.39 is 10.0 Å². The number of H-pyrrole nitrogens is 1. The Hall–Kier alpha value is -0.400. The fourth-order valence-electron chi connectivity index (χ4n) is 2.17. The minimum absolute atomic E-state index is 0.164. The summed E-state index contributed by atoms with van der Waals surface area (Å²) in [5.74, 6) is 0.715.